The molecule has 2 aromatic rings. The molecular weight excluding hydrogens is 293 g/mol. The van der Waals surface area contributed by atoms with Crippen molar-refractivity contribution < 1.29 is 26.7 Å². The van der Waals surface area contributed by atoms with E-state index < -0.39 is 41.4 Å². The van der Waals surface area contributed by atoms with Crippen LogP contribution < -0.4 is 10.5 Å². The average Bonchev–Trinajstić information content (AvgIpc) is 2.80. The van der Waals surface area contributed by atoms with Crippen LogP contribution in [0.2, 0.25) is 0 Å². The second-order valence-electron chi connectivity index (χ2n) is 3.27. The van der Waals surface area contributed by atoms with Crippen molar-refractivity contribution in [2.75, 3.05) is 5.73 Å². The maximum absolute atomic E-state index is 13.2. The van der Waals surface area contributed by atoms with E-state index in [2.05, 4.69) is 14.3 Å². The molecule has 1 aromatic carbocycles. The molecule has 0 saturated carbocycles. The predicted molar refractivity (Wildman–Crippen MR) is 54.9 cm³/mol. The van der Waals surface area contributed by atoms with Crippen LogP contribution in [0.25, 0.3) is 0 Å². The van der Waals surface area contributed by atoms with E-state index in [1.807, 2.05) is 0 Å². The van der Waals surface area contributed by atoms with Crippen LogP contribution in [0.5, 0.6) is 5.75 Å². The molecule has 0 aliphatic rings. The van der Waals surface area contributed by atoms with Crippen molar-refractivity contribution in [2.45, 2.75) is 6.61 Å². The molecule has 0 atom stereocenters. The average molecular weight is 297 g/mol. The molecule has 4 nitrogen and oxygen atoms in total. The molecule has 0 fully saturated rings. The predicted octanol–water partition coefficient (Wildman–Crippen LogP) is 2.39. The largest absolute Gasteiger partial charge is 0.481 e. The lowest BCUT2D eigenvalue weighted by molar-refractivity contribution is 0.250. The minimum atomic E-state index is -2.25. The standard InChI is InChI=1S/C9H4F5N3OS/c10-3-4(11)6(13)8(7(14)5(3)12)18-1-2-9(15)19-17-16-2/h1,15H2. The number of nitrogen functional groups attached to an aromatic ring is 1. The van der Waals surface area contributed by atoms with Crippen molar-refractivity contribution in [1.82, 2.24) is 9.59 Å². The summed E-state index contributed by atoms with van der Waals surface area (Å²) >= 11 is 0.798. The molecule has 0 amide bonds. The van der Waals surface area contributed by atoms with Gasteiger partial charge in [-0.2, -0.15) is 8.78 Å². The SMILES string of the molecule is Nc1snnc1COc1c(F)c(F)c(F)c(F)c1F. The molecule has 0 aliphatic carbocycles. The highest BCUT2D eigenvalue weighted by molar-refractivity contribution is 7.09. The van der Waals surface area contributed by atoms with Gasteiger partial charge in [0, 0.05) is 11.5 Å². The number of ether oxygens (including phenoxy) is 1. The first-order valence-electron chi connectivity index (χ1n) is 4.64. The van der Waals surface area contributed by atoms with E-state index in [0.717, 1.165) is 11.5 Å². The molecule has 2 N–H and O–H groups in total. The minimum absolute atomic E-state index is 0.0361. The van der Waals surface area contributed by atoms with E-state index in [4.69, 9.17) is 5.73 Å². The molecule has 0 bridgehead atoms. The number of anilines is 1. The van der Waals surface area contributed by atoms with Gasteiger partial charge in [-0.1, -0.05) is 4.49 Å². The highest BCUT2D eigenvalue weighted by Crippen LogP contribution is 2.30. The lowest BCUT2D eigenvalue weighted by Gasteiger charge is -2.09. The third-order valence-corrected chi connectivity index (χ3v) is 2.70. The van der Waals surface area contributed by atoms with Crippen molar-refractivity contribution in [2.24, 2.45) is 0 Å². The highest BCUT2D eigenvalue weighted by atomic mass is 32.1. The molecule has 1 heterocycles. The van der Waals surface area contributed by atoms with Gasteiger partial charge in [-0.15, -0.1) is 5.10 Å². The maximum atomic E-state index is 13.2. The molecule has 2 rings (SSSR count). The number of rotatable bonds is 3. The summed E-state index contributed by atoms with van der Waals surface area (Å²) in [5.74, 6) is -11.9. The normalized spacial score (nSPS) is 10.8. The van der Waals surface area contributed by atoms with Crippen LogP contribution in [-0.2, 0) is 6.61 Å². The monoisotopic (exact) mass is 297 g/mol. The summed E-state index contributed by atoms with van der Waals surface area (Å²) in [5, 5.41) is 3.58. The number of nitrogens with two attached hydrogens (primary N) is 1. The summed E-state index contributed by atoms with van der Waals surface area (Å²) in [6, 6.07) is 0. The molecule has 0 unspecified atom stereocenters. The van der Waals surface area contributed by atoms with Crippen LogP contribution in [0.15, 0.2) is 0 Å². The van der Waals surface area contributed by atoms with Gasteiger partial charge in [0.1, 0.15) is 17.3 Å². The Morgan fingerprint density at radius 3 is 1.95 bits per heavy atom. The highest BCUT2D eigenvalue weighted by Gasteiger charge is 2.27. The molecule has 102 valence electrons. The van der Waals surface area contributed by atoms with Gasteiger partial charge in [0.2, 0.25) is 29.1 Å². The lowest BCUT2D eigenvalue weighted by Crippen LogP contribution is -2.08. The Labute approximate surface area is 106 Å². The van der Waals surface area contributed by atoms with E-state index >= 15 is 0 Å². The molecular formula is C9H4F5N3OS. The van der Waals surface area contributed by atoms with Crippen molar-refractivity contribution in [3.8, 4) is 5.75 Å². The van der Waals surface area contributed by atoms with Gasteiger partial charge < -0.3 is 10.5 Å². The molecule has 0 saturated heterocycles. The van der Waals surface area contributed by atoms with Crippen LogP contribution >= 0.6 is 11.5 Å². The topological polar surface area (TPSA) is 61.0 Å². The van der Waals surface area contributed by atoms with Crippen molar-refractivity contribution >= 4 is 16.5 Å². The Kier molecular flexibility index (Phi) is 3.51. The number of hydrogen-bond donors (Lipinski definition) is 1. The summed E-state index contributed by atoms with van der Waals surface area (Å²) in [7, 11) is 0. The fraction of sp³-hybridized carbons (Fsp3) is 0.111. The van der Waals surface area contributed by atoms with Crippen LogP contribution in [0, 0.1) is 29.1 Å². The third kappa shape index (κ3) is 2.30. The maximum Gasteiger partial charge on any atom is 0.207 e. The summed E-state index contributed by atoms with van der Waals surface area (Å²) in [4.78, 5) is 0. The van der Waals surface area contributed by atoms with Gasteiger partial charge in [0.25, 0.3) is 0 Å². The fourth-order valence-electron chi connectivity index (χ4n) is 1.17. The number of nitrogens with zero attached hydrogens (tertiary/aromatic N) is 2. The fourth-order valence-corrected chi connectivity index (χ4v) is 1.60. The molecule has 19 heavy (non-hydrogen) atoms. The number of hydrogen-bond acceptors (Lipinski definition) is 5. The Morgan fingerprint density at radius 2 is 1.47 bits per heavy atom. The van der Waals surface area contributed by atoms with Crippen LogP contribution in [-0.4, -0.2) is 9.59 Å². The second kappa shape index (κ2) is 4.96. The van der Waals surface area contributed by atoms with Crippen LogP contribution in [0.3, 0.4) is 0 Å². The van der Waals surface area contributed by atoms with E-state index in [0.29, 0.717) is 0 Å². The first kappa shape index (κ1) is 13.5. The summed E-state index contributed by atoms with van der Waals surface area (Å²) in [5.41, 5.74) is 5.42. The third-order valence-electron chi connectivity index (χ3n) is 2.11. The van der Waals surface area contributed by atoms with Crippen LogP contribution in [0.1, 0.15) is 5.69 Å². The van der Waals surface area contributed by atoms with Gasteiger partial charge >= 0.3 is 0 Å². The first-order valence-corrected chi connectivity index (χ1v) is 5.41. The Balaban J connectivity index is 2.33. The molecule has 0 spiro atoms. The Morgan fingerprint density at radius 1 is 0.947 bits per heavy atom. The van der Waals surface area contributed by atoms with Crippen molar-refractivity contribution in [1.29, 1.82) is 0 Å². The zero-order valence-corrected chi connectivity index (χ0v) is 9.70. The van der Waals surface area contributed by atoms with Gasteiger partial charge in [-0.3, -0.25) is 0 Å². The summed E-state index contributed by atoms with van der Waals surface area (Å²) in [6.45, 7) is -0.569. The summed E-state index contributed by atoms with van der Waals surface area (Å²) < 4.78 is 72.9. The molecule has 0 radical (unpaired) electrons. The first-order chi connectivity index (χ1) is 8.93. The second-order valence-corrected chi connectivity index (χ2v) is 4.06. The summed E-state index contributed by atoms with van der Waals surface area (Å²) in [6.07, 6.45) is 0. The van der Waals surface area contributed by atoms with Gasteiger partial charge in [-0.05, 0) is 0 Å². The zero-order valence-electron chi connectivity index (χ0n) is 8.89. The lowest BCUT2D eigenvalue weighted by atomic mass is 10.2. The zero-order chi connectivity index (χ0) is 14.2. The quantitative estimate of drug-likeness (QED) is 0.537. The minimum Gasteiger partial charge on any atom is -0.481 e. The van der Waals surface area contributed by atoms with E-state index in [9.17, 15) is 22.0 Å². The van der Waals surface area contributed by atoms with Gasteiger partial charge in [0.05, 0.1) is 0 Å². The molecule has 10 heteroatoms. The number of aromatic nitrogens is 2. The van der Waals surface area contributed by atoms with E-state index in [1.54, 1.807) is 0 Å². The van der Waals surface area contributed by atoms with E-state index in [1.165, 1.54) is 0 Å². The van der Waals surface area contributed by atoms with Gasteiger partial charge in [0.15, 0.2) is 5.75 Å². The molecule has 1 aromatic heterocycles. The Bertz CT molecular complexity index is 604. The van der Waals surface area contributed by atoms with Crippen molar-refractivity contribution in [3.05, 3.63) is 34.8 Å². The number of halogens is 5. The van der Waals surface area contributed by atoms with Gasteiger partial charge in [-0.25, -0.2) is 13.2 Å². The van der Waals surface area contributed by atoms with E-state index in [-0.39, 0.29) is 10.7 Å². The number of benzene rings is 1. The van der Waals surface area contributed by atoms with Crippen LogP contribution in [0.4, 0.5) is 27.0 Å². The Hall–Kier alpha value is -1.97. The smallest absolute Gasteiger partial charge is 0.207 e. The molecule has 0 aliphatic heterocycles. The van der Waals surface area contributed by atoms with Crippen molar-refractivity contribution in [3.63, 3.8) is 0 Å².